The molecule has 3 nitrogen and oxygen atoms in total. The molecule has 2 N–H and O–H groups in total. The van der Waals surface area contributed by atoms with Crippen molar-refractivity contribution in [2.24, 2.45) is 0 Å². The van der Waals surface area contributed by atoms with Gasteiger partial charge in [0.2, 0.25) is 0 Å². The Labute approximate surface area is 117 Å². The van der Waals surface area contributed by atoms with Crippen molar-refractivity contribution >= 4 is 17.3 Å². The molecule has 0 aliphatic carbocycles. The van der Waals surface area contributed by atoms with Crippen LogP contribution in [0.15, 0.2) is 61.2 Å². The third-order valence-electron chi connectivity index (χ3n) is 2.68. The predicted molar refractivity (Wildman–Crippen MR) is 79.5 cm³/mol. The van der Waals surface area contributed by atoms with Gasteiger partial charge in [0.15, 0.2) is 0 Å². The van der Waals surface area contributed by atoms with E-state index in [9.17, 15) is 9.18 Å². The van der Waals surface area contributed by atoms with Crippen LogP contribution in [-0.4, -0.2) is 12.5 Å². The second-order valence-corrected chi connectivity index (χ2v) is 4.21. The van der Waals surface area contributed by atoms with Gasteiger partial charge in [-0.05, 0) is 42.5 Å². The van der Waals surface area contributed by atoms with Gasteiger partial charge < -0.3 is 10.6 Å². The fraction of sp³-hybridized carbons (Fsp3) is 0.0625. The maximum Gasteiger partial charge on any atom is 0.255 e. The SMILES string of the molecule is C=CCNc1ccc(NC(=O)c2cccc(F)c2)cc1. The number of carbonyl (C=O) groups is 1. The Morgan fingerprint density at radius 3 is 2.50 bits per heavy atom. The van der Waals surface area contributed by atoms with E-state index < -0.39 is 5.82 Å². The maximum atomic E-state index is 13.0. The van der Waals surface area contributed by atoms with Gasteiger partial charge in [-0.15, -0.1) is 6.58 Å². The van der Waals surface area contributed by atoms with Crippen LogP contribution in [0.4, 0.5) is 15.8 Å². The number of benzene rings is 2. The number of anilines is 2. The molecule has 0 heterocycles. The Bertz CT molecular complexity index is 608. The molecule has 102 valence electrons. The van der Waals surface area contributed by atoms with E-state index in [4.69, 9.17) is 0 Å². The molecule has 0 fully saturated rings. The first-order valence-corrected chi connectivity index (χ1v) is 6.21. The first-order chi connectivity index (χ1) is 9.69. The van der Waals surface area contributed by atoms with Gasteiger partial charge in [-0.1, -0.05) is 12.1 Å². The molecule has 0 spiro atoms. The average molecular weight is 270 g/mol. The van der Waals surface area contributed by atoms with E-state index in [1.165, 1.54) is 18.2 Å². The number of halogens is 1. The second kappa shape index (κ2) is 6.52. The van der Waals surface area contributed by atoms with E-state index >= 15 is 0 Å². The molecular weight excluding hydrogens is 255 g/mol. The zero-order valence-electron chi connectivity index (χ0n) is 10.9. The van der Waals surface area contributed by atoms with E-state index in [2.05, 4.69) is 17.2 Å². The number of nitrogens with one attached hydrogen (secondary N) is 2. The van der Waals surface area contributed by atoms with Gasteiger partial charge in [0.25, 0.3) is 5.91 Å². The van der Waals surface area contributed by atoms with Crippen molar-refractivity contribution in [1.29, 1.82) is 0 Å². The van der Waals surface area contributed by atoms with Crippen LogP contribution in [0.25, 0.3) is 0 Å². The van der Waals surface area contributed by atoms with Crippen molar-refractivity contribution in [2.75, 3.05) is 17.2 Å². The molecule has 0 radical (unpaired) electrons. The minimum absolute atomic E-state index is 0.291. The van der Waals surface area contributed by atoms with Crippen LogP contribution in [0, 0.1) is 5.82 Å². The summed E-state index contributed by atoms with van der Waals surface area (Å²) < 4.78 is 13.0. The van der Waals surface area contributed by atoms with Gasteiger partial charge in [-0.2, -0.15) is 0 Å². The van der Waals surface area contributed by atoms with Crippen LogP contribution < -0.4 is 10.6 Å². The molecule has 2 aromatic rings. The molecule has 0 saturated carbocycles. The Balaban J connectivity index is 2.02. The summed E-state index contributed by atoms with van der Waals surface area (Å²) in [6.45, 7) is 4.30. The number of amides is 1. The lowest BCUT2D eigenvalue weighted by Gasteiger charge is -2.07. The summed E-state index contributed by atoms with van der Waals surface area (Å²) >= 11 is 0. The van der Waals surface area contributed by atoms with Gasteiger partial charge >= 0.3 is 0 Å². The van der Waals surface area contributed by atoms with Crippen molar-refractivity contribution < 1.29 is 9.18 Å². The Kier molecular flexibility index (Phi) is 4.50. The summed E-state index contributed by atoms with van der Waals surface area (Å²) in [5.74, 6) is -0.766. The van der Waals surface area contributed by atoms with Crippen molar-refractivity contribution in [3.63, 3.8) is 0 Å². The highest BCUT2D eigenvalue weighted by atomic mass is 19.1. The van der Waals surface area contributed by atoms with E-state index in [0.717, 1.165) is 5.69 Å². The fourth-order valence-corrected chi connectivity index (χ4v) is 1.69. The number of hydrogen-bond donors (Lipinski definition) is 2. The topological polar surface area (TPSA) is 41.1 Å². The Morgan fingerprint density at radius 1 is 1.15 bits per heavy atom. The molecule has 2 rings (SSSR count). The van der Waals surface area contributed by atoms with Crippen molar-refractivity contribution in [2.45, 2.75) is 0 Å². The quantitative estimate of drug-likeness (QED) is 0.814. The van der Waals surface area contributed by atoms with Gasteiger partial charge in [-0.25, -0.2) is 4.39 Å². The lowest BCUT2D eigenvalue weighted by atomic mass is 10.2. The van der Waals surface area contributed by atoms with E-state index in [1.54, 1.807) is 24.3 Å². The largest absolute Gasteiger partial charge is 0.382 e. The van der Waals surface area contributed by atoms with Crippen LogP contribution in [0.5, 0.6) is 0 Å². The number of hydrogen-bond acceptors (Lipinski definition) is 2. The average Bonchev–Trinajstić information content (AvgIpc) is 2.46. The smallest absolute Gasteiger partial charge is 0.255 e. The minimum Gasteiger partial charge on any atom is -0.382 e. The summed E-state index contributed by atoms with van der Waals surface area (Å²) in [5, 5.41) is 5.85. The highest BCUT2D eigenvalue weighted by Crippen LogP contribution is 2.14. The van der Waals surface area contributed by atoms with E-state index in [1.807, 2.05) is 12.1 Å². The third kappa shape index (κ3) is 3.68. The van der Waals surface area contributed by atoms with Gasteiger partial charge in [-0.3, -0.25) is 4.79 Å². The molecule has 4 heteroatoms. The first kappa shape index (κ1) is 13.8. The normalized spacial score (nSPS) is 9.85. The zero-order valence-corrected chi connectivity index (χ0v) is 10.9. The minimum atomic E-state index is -0.429. The first-order valence-electron chi connectivity index (χ1n) is 6.21. The highest BCUT2D eigenvalue weighted by Gasteiger charge is 2.06. The zero-order chi connectivity index (χ0) is 14.4. The predicted octanol–water partition coefficient (Wildman–Crippen LogP) is 3.68. The lowest BCUT2D eigenvalue weighted by molar-refractivity contribution is 0.102. The summed E-state index contributed by atoms with van der Waals surface area (Å²) in [5.41, 5.74) is 1.89. The molecule has 0 aliphatic rings. The fourth-order valence-electron chi connectivity index (χ4n) is 1.69. The molecular formula is C16H15FN2O. The number of carbonyl (C=O) groups excluding carboxylic acids is 1. The Morgan fingerprint density at radius 2 is 1.85 bits per heavy atom. The molecule has 20 heavy (non-hydrogen) atoms. The maximum absolute atomic E-state index is 13.0. The molecule has 0 aromatic heterocycles. The molecule has 2 aromatic carbocycles. The molecule has 1 amide bonds. The van der Waals surface area contributed by atoms with Crippen LogP contribution in [-0.2, 0) is 0 Å². The standard InChI is InChI=1S/C16H15FN2O/c1-2-10-18-14-6-8-15(9-7-14)19-16(20)12-4-3-5-13(17)11-12/h2-9,11,18H,1,10H2,(H,19,20). The van der Waals surface area contributed by atoms with Crippen LogP contribution >= 0.6 is 0 Å². The van der Waals surface area contributed by atoms with Crippen LogP contribution in [0.2, 0.25) is 0 Å². The molecule has 0 aliphatic heterocycles. The van der Waals surface area contributed by atoms with Crippen molar-refractivity contribution in [3.8, 4) is 0 Å². The summed E-state index contributed by atoms with van der Waals surface area (Å²) in [4.78, 5) is 11.9. The van der Waals surface area contributed by atoms with Gasteiger partial charge in [0.05, 0.1) is 0 Å². The molecule has 0 atom stereocenters. The van der Waals surface area contributed by atoms with Crippen LogP contribution in [0.3, 0.4) is 0 Å². The van der Waals surface area contributed by atoms with Crippen LogP contribution in [0.1, 0.15) is 10.4 Å². The van der Waals surface area contributed by atoms with Gasteiger partial charge in [0.1, 0.15) is 5.82 Å². The van der Waals surface area contributed by atoms with Gasteiger partial charge in [0, 0.05) is 23.5 Å². The lowest BCUT2D eigenvalue weighted by Crippen LogP contribution is -2.12. The van der Waals surface area contributed by atoms with E-state index in [0.29, 0.717) is 17.8 Å². The van der Waals surface area contributed by atoms with E-state index in [-0.39, 0.29) is 5.91 Å². The van der Waals surface area contributed by atoms with Crippen molar-refractivity contribution in [1.82, 2.24) is 0 Å². The Hall–Kier alpha value is -2.62. The summed E-state index contributed by atoms with van der Waals surface area (Å²) in [6, 6.07) is 12.8. The molecule has 0 saturated heterocycles. The molecule has 0 unspecified atom stereocenters. The third-order valence-corrected chi connectivity index (χ3v) is 2.68. The number of rotatable bonds is 5. The monoisotopic (exact) mass is 270 g/mol. The molecule has 0 bridgehead atoms. The second-order valence-electron chi connectivity index (χ2n) is 4.21. The summed E-state index contributed by atoms with van der Waals surface area (Å²) in [7, 11) is 0. The van der Waals surface area contributed by atoms with Crippen molar-refractivity contribution in [3.05, 3.63) is 72.6 Å². The summed E-state index contributed by atoms with van der Waals surface area (Å²) in [6.07, 6.45) is 1.76. The highest BCUT2D eigenvalue weighted by molar-refractivity contribution is 6.04.